The molecule has 0 spiro atoms. The van der Waals surface area contributed by atoms with E-state index in [1.54, 1.807) is 37.3 Å². The summed E-state index contributed by atoms with van der Waals surface area (Å²) in [5.41, 5.74) is 1.98. The van der Waals surface area contributed by atoms with Gasteiger partial charge in [0.25, 0.3) is 11.7 Å². The van der Waals surface area contributed by atoms with Crippen LogP contribution in [0.1, 0.15) is 29.3 Å². The largest absolute Gasteiger partial charge is 0.495 e. The van der Waals surface area contributed by atoms with E-state index in [9.17, 15) is 14.4 Å². The van der Waals surface area contributed by atoms with Crippen LogP contribution in [-0.2, 0) is 9.59 Å². The number of amides is 2. The van der Waals surface area contributed by atoms with Crippen molar-refractivity contribution in [3.63, 3.8) is 0 Å². The SMILES string of the molecule is CCC(C(=O)Nc1cc(Cl)ccc1OC)N1C(=O)C(=O)c2cccc(C)c21. The Morgan fingerprint density at radius 1 is 1.26 bits per heavy atom. The second-order valence-corrected chi connectivity index (χ2v) is 6.67. The molecule has 0 bridgehead atoms. The van der Waals surface area contributed by atoms with Crippen LogP contribution in [0.3, 0.4) is 0 Å². The van der Waals surface area contributed by atoms with E-state index in [-0.39, 0.29) is 0 Å². The molecule has 1 aliphatic rings. The fourth-order valence-corrected chi connectivity index (χ4v) is 3.44. The highest BCUT2D eigenvalue weighted by Gasteiger charge is 2.42. The fraction of sp³-hybridized carbons (Fsp3) is 0.250. The molecule has 2 aromatic rings. The van der Waals surface area contributed by atoms with Gasteiger partial charge in [0.2, 0.25) is 5.91 Å². The summed E-state index contributed by atoms with van der Waals surface area (Å²) in [5.74, 6) is -1.27. The summed E-state index contributed by atoms with van der Waals surface area (Å²) < 4.78 is 5.25. The number of carbonyl (C=O) groups excluding carboxylic acids is 3. The van der Waals surface area contributed by atoms with E-state index in [0.717, 1.165) is 5.56 Å². The molecule has 1 aliphatic heterocycles. The Hall–Kier alpha value is -2.86. The minimum atomic E-state index is -0.840. The van der Waals surface area contributed by atoms with Crippen molar-refractivity contribution in [1.29, 1.82) is 0 Å². The van der Waals surface area contributed by atoms with Gasteiger partial charge in [-0.3, -0.25) is 19.3 Å². The smallest absolute Gasteiger partial charge is 0.300 e. The second-order valence-electron chi connectivity index (χ2n) is 6.23. The molecule has 1 N–H and O–H groups in total. The molecule has 0 radical (unpaired) electrons. The van der Waals surface area contributed by atoms with E-state index in [4.69, 9.17) is 16.3 Å². The van der Waals surface area contributed by atoms with Gasteiger partial charge in [0.15, 0.2) is 0 Å². The second kappa shape index (κ2) is 7.40. The summed E-state index contributed by atoms with van der Waals surface area (Å²) in [6.45, 7) is 3.59. The molecule has 27 heavy (non-hydrogen) atoms. The number of carbonyl (C=O) groups is 3. The first kappa shape index (κ1) is 18.9. The van der Waals surface area contributed by atoms with E-state index in [0.29, 0.717) is 34.1 Å². The zero-order valence-electron chi connectivity index (χ0n) is 15.2. The molecule has 2 aromatic carbocycles. The van der Waals surface area contributed by atoms with Crippen LogP contribution in [-0.4, -0.2) is 30.7 Å². The van der Waals surface area contributed by atoms with Crippen molar-refractivity contribution in [3.8, 4) is 5.75 Å². The maximum Gasteiger partial charge on any atom is 0.300 e. The third kappa shape index (κ3) is 3.28. The number of para-hydroxylation sites is 1. The Balaban J connectivity index is 1.97. The summed E-state index contributed by atoms with van der Waals surface area (Å²) in [6.07, 6.45) is 0.335. The van der Waals surface area contributed by atoms with Gasteiger partial charge >= 0.3 is 0 Å². The van der Waals surface area contributed by atoms with Crippen molar-refractivity contribution >= 4 is 40.6 Å². The number of anilines is 2. The Kier molecular flexibility index (Phi) is 5.19. The molecule has 1 unspecified atom stereocenters. The van der Waals surface area contributed by atoms with Crippen molar-refractivity contribution in [1.82, 2.24) is 0 Å². The number of hydrogen-bond acceptors (Lipinski definition) is 4. The van der Waals surface area contributed by atoms with Crippen LogP contribution in [0.25, 0.3) is 0 Å². The van der Waals surface area contributed by atoms with Crippen molar-refractivity contribution in [2.75, 3.05) is 17.3 Å². The summed E-state index contributed by atoms with van der Waals surface area (Å²) in [5, 5.41) is 3.20. The van der Waals surface area contributed by atoms with Gasteiger partial charge in [-0.2, -0.15) is 0 Å². The molecule has 1 atom stereocenters. The maximum absolute atomic E-state index is 13.0. The maximum atomic E-state index is 13.0. The van der Waals surface area contributed by atoms with E-state index in [1.807, 2.05) is 13.0 Å². The van der Waals surface area contributed by atoms with Gasteiger partial charge in [-0.05, 0) is 43.2 Å². The van der Waals surface area contributed by atoms with Crippen LogP contribution in [0.2, 0.25) is 5.02 Å². The number of ether oxygens (including phenoxy) is 1. The molecule has 1 heterocycles. The van der Waals surface area contributed by atoms with Crippen LogP contribution < -0.4 is 15.0 Å². The zero-order chi connectivity index (χ0) is 19.7. The van der Waals surface area contributed by atoms with Gasteiger partial charge in [-0.1, -0.05) is 30.7 Å². The third-order valence-electron chi connectivity index (χ3n) is 4.56. The highest BCUT2D eigenvalue weighted by molar-refractivity contribution is 6.53. The lowest BCUT2D eigenvalue weighted by atomic mass is 10.1. The van der Waals surface area contributed by atoms with E-state index < -0.39 is 23.6 Å². The van der Waals surface area contributed by atoms with Gasteiger partial charge < -0.3 is 10.1 Å². The normalized spacial score (nSPS) is 14.1. The first-order chi connectivity index (χ1) is 12.9. The first-order valence-electron chi connectivity index (χ1n) is 8.51. The summed E-state index contributed by atoms with van der Waals surface area (Å²) in [4.78, 5) is 39.2. The molecule has 0 aliphatic carbocycles. The van der Waals surface area contributed by atoms with E-state index >= 15 is 0 Å². The number of ketones is 1. The number of nitrogens with zero attached hydrogens (tertiary/aromatic N) is 1. The van der Waals surface area contributed by atoms with E-state index in [2.05, 4.69) is 5.32 Å². The van der Waals surface area contributed by atoms with E-state index in [1.165, 1.54) is 12.0 Å². The number of rotatable bonds is 5. The number of Topliss-reactive ketones (excluding diaryl/α,β-unsaturated/α-hetero) is 1. The number of fused-ring (bicyclic) bond motifs is 1. The van der Waals surface area contributed by atoms with Crippen LogP contribution in [0.15, 0.2) is 36.4 Å². The first-order valence-corrected chi connectivity index (χ1v) is 8.88. The van der Waals surface area contributed by atoms with Crippen LogP contribution in [0.5, 0.6) is 5.75 Å². The molecule has 3 rings (SSSR count). The average Bonchev–Trinajstić information content (AvgIpc) is 2.89. The van der Waals surface area contributed by atoms with Crippen LogP contribution >= 0.6 is 11.6 Å². The zero-order valence-corrected chi connectivity index (χ0v) is 16.0. The molecule has 6 nitrogen and oxygen atoms in total. The Morgan fingerprint density at radius 3 is 2.67 bits per heavy atom. The Labute approximate surface area is 162 Å². The van der Waals surface area contributed by atoms with Crippen LogP contribution in [0, 0.1) is 6.92 Å². The number of methoxy groups -OCH3 is 1. The monoisotopic (exact) mass is 386 g/mol. The van der Waals surface area contributed by atoms with Crippen molar-refractivity contribution in [3.05, 3.63) is 52.5 Å². The molecule has 7 heteroatoms. The number of benzene rings is 2. The predicted molar refractivity (Wildman–Crippen MR) is 104 cm³/mol. The lowest BCUT2D eigenvalue weighted by molar-refractivity contribution is -0.121. The average molecular weight is 387 g/mol. The number of aryl methyl sites for hydroxylation is 1. The van der Waals surface area contributed by atoms with Crippen molar-refractivity contribution in [2.24, 2.45) is 0 Å². The van der Waals surface area contributed by atoms with Gasteiger partial charge in [0.1, 0.15) is 11.8 Å². The minimum Gasteiger partial charge on any atom is -0.495 e. The predicted octanol–water partition coefficient (Wildman–Crippen LogP) is 3.60. The van der Waals surface area contributed by atoms with Crippen molar-refractivity contribution in [2.45, 2.75) is 26.3 Å². The lowest BCUT2D eigenvalue weighted by Gasteiger charge is -2.27. The minimum absolute atomic E-state index is 0.326. The van der Waals surface area contributed by atoms with Crippen LogP contribution in [0.4, 0.5) is 11.4 Å². The highest BCUT2D eigenvalue weighted by Crippen LogP contribution is 2.35. The molecule has 2 amide bonds. The highest BCUT2D eigenvalue weighted by atomic mass is 35.5. The summed E-state index contributed by atoms with van der Waals surface area (Å²) >= 11 is 6.01. The standard InChI is InChI=1S/C20H19ClN2O4/c1-4-15(19(25)22-14-10-12(21)8-9-16(14)27-3)23-17-11(2)6-5-7-13(17)18(24)20(23)26/h5-10,15H,4H2,1-3H3,(H,22,25). The summed E-state index contributed by atoms with van der Waals surface area (Å²) in [7, 11) is 1.48. The van der Waals surface area contributed by atoms with Gasteiger partial charge in [-0.25, -0.2) is 0 Å². The molecule has 0 saturated heterocycles. The van der Waals surface area contributed by atoms with Gasteiger partial charge in [-0.15, -0.1) is 0 Å². The van der Waals surface area contributed by atoms with Crippen molar-refractivity contribution < 1.29 is 19.1 Å². The Morgan fingerprint density at radius 2 is 2.00 bits per heavy atom. The Bertz CT molecular complexity index is 942. The number of hydrogen-bond donors (Lipinski definition) is 1. The molecule has 0 saturated carbocycles. The topological polar surface area (TPSA) is 75.7 Å². The molecule has 0 aromatic heterocycles. The third-order valence-corrected chi connectivity index (χ3v) is 4.79. The number of halogens is 1. The molecule has 140 valence electrons. The fourth-order valence-electron chi connectivity index (χ4n) is 3.26. The number of nitrogens with one attached hydrogen (secondary N) is 1. The van der Waals surface area contributed by atoms with Gasteiger partial charge in [0, 0.05) is 5.02 Å². The van der Waals surface area contributed by atoms with Gasteiger partial charge in [0.05, 0.1) is 24.0 Å². The lowest BCUT2D eigenvalue weighted by Crippen LogP contribution is -2.46. The molecule has 0 fully saturated rings. The molecular formula is C20H19ClN2O4. The quantitative estimate of drug-likeness (QED) is 0.796. The summed E-state index contributed by atoms with van der Waals surface area (Å²) in [6, 6.07) is 9.16. The molecular weight excluding hydrogens is 368 g/mol.